The van der Waals surface area contributed by atoms with E-state index in [1.807, 2.05) is 19.1 Å². The van der Waals surface area contributed by atoms with Gasteiger partial charge in [-0.25, -0.2) is 4.98 Å². The summed E-state index contributed by atoms with van der Waals surface area (Å²) in [4.78, 5) is 15.5. The molecule has 20 heavy (non-hydrogen) atoms. The molecule has 2 rings (SSSR count). The molecule has 0 saturated heterocycles. The smallest absolute Gasteiger partial charge is 0.313 e. The number of hydrogen-bond acceptors (Lipinski definition) is 3. The zero-order chi connectivity index (χ0) is 14.7. The van der Waals surface area contributed by atoms with Gasteiger partial charge in [-0.15, -0.1) is 0 Å². The van der Waals surface area contributed by atoms with Gasteiger partial charge < -0.3 is 9.67 Å². The first-order valence-electron chi connectivity index (χ1n) is 6.90. The molecule has 1 N–H and O–H groups in total. The maximum atomic E-state index is 10.8. The van der Waals surface area contributed by atoms with Gasteiger partial charge in [0, 0.05) is 6.04 Å². The van der Waals surface area contributed by atoms with Crippen LogP contribution in [0.2, 0.25) is 0 Å². The van der Waals surface area contributed by atoms with Crippen molar-refractivity contribution in [2.24, 2.45) is 0 Å². The van der Waals surface area contributed by atoms with E-state index in [-0.39, 0.29) is 5.75 Å². The lowest BCUT2D eigenvalue weighted by Gasteiger charge is -2.18. The predicted octanol–water partition coefficient (Wildman–Crippen LogP) is 3.88. The standard InChI is InChI=1S/C15H20N2O2S/c1-4-11(5-2)17-12-8-6-7-10(3)14(12)16-15(17)20-9-13(18)19/h6-8,11H,4-5,9H2,1-3H3,(H,18,19). The summed E-state index contributed by atoms with van der Waals surface area (Å²) in [6.45, 7) is 6.35. The van der Waals surface area contributed by atoms with E-state index >= 15 is 0 Å². The first-order chi connectivity index (χ1) is 9.58. The zero-order valence-electron chi connectivity index (χ0n) is 12.1. The fourth-order valence-electron chi connectivity index (χ4n) is 2.47. The molecule has 108 valence electrons. The van der Waals surface area contributed by atoms with Gasteiger partial charge in [-0.05, 0) is 31.4 Å². The molecule has 1 aromatic heterocycles. The molecule has 5 heteroatoms. The molecule has 0 atom stereocenters. The molecule has 0 amide bonds. The van der Waals surface area contributed by atoms with Crippen LogP contribution in [0.4, 0.5) is 0 Å². The van der Waals surface area contributed by atoms with E-state index < -0.39 is 5.97 Å². The number of benzene rings is 1. The molecule has 0 bridgehead atoms. The highest BCUT2D eigenvalue weighted by Gasteiger charge is 2.18. The van der Waals surface area contributed by atoms with Crippen molar-refractivity contribution in [3.63, 3.8) is 0 Å². The third-order valence-electron chi connectivity index (χ3n) is 3.52. The number of aromatic nitrogens is 2. The molecule has 0 spiro atoms. The lowest BCUT2D eigenvalue weighted by atomic mass is 10.1. The average Bonchev–Trinajstić information content (AvgIpc) is 2.79. The number of thioether (sulfide) groups is 1. The number of rotatable bonds is 6. The molecular formula is C15H20N2O2S. The molecule has 2 aromatic rings. The predicted molar refractivity (Wildman–Crippen MR) is 82.4 cm³/mol. The maximum Gasteiger partial charge on any atom is 0.313 e. The Labute approximate surface area is 123 Å². The number of aryl methyl sites for hydroxylation is 1. The summed E-state index contributed by atoms with van der Waals surface area (Å²) in [5, 5.41) is 9.70. The largest absolute Gasteiger partial charge is 0.481 e. The summed E-state index contributed by atoms with van der Waals surface area (Å²) in [7, 11) is 0. The monoisotopic (exact) mass is 292 g/mol. The molecule has 0 radical (unpaired) electrons. The molecule has 0 unspecified atom stereocenters. The Balaban J connectivity index is 2.56. The third-order valence-corrected chi connectivity index (χ3v) is 4.46. The molecule has 0 aliphatic carbocycles. The maximum absolute atomic E-state index is 10.8. The van der Waals surface area contributed by atoms with Gasteiger partial charge in [0.15, 0.2) is 5.16 Å². The molecular weight excluding hydrogens is 272 g/mol. The summed E-state index contributed by atoms with van der Waals surface area (Å²) < 4.78 is 2.20. The minimum absolute atomic E-state index is 0.0442. The number of nitrogens with zero attached hydrogens (tertiary/aromatic N) is 2. The normalized spacial score (nSPS) is 11.4. The first kappa shape index (κ1) is 14.9. The van der Waals surface area contributed by atoms with Crippen molar-refractivity contribution in [3.05, 3.63) is 23.8 Å². The second-order valence-corrected chi connectivity index (χ2v) is 5.80. The number of imidazole rings is 1. The lowest BCUT2D eigenvalue weighted by molar-refractivity contribution is -0.133. The van der Waals surface area contributed by atoms with Gasteiger partial charge in [0.1, 0.15) is 0 Å². The van der Waals surface area contributed by atoms with Crippen LogP contribution >= 0.6 is 11.8 Å². The third kappa shape index (κ3) is 2.82. The number of aliphatic carboxylic acids is 1. The van der Waals surface area contributed by atoms with Gasteiger partial charge in [-0.3, -0.25) is 4.79 Å². The topological polar surface area (TPSA) is 55.1 Å². The minimum atomic E-state index is -0.810. The van der Waals surface area contributed by atoms with Crippen LogP contribution in [0.5, 0.6) is 0 Å². The molecule has 1 aromatic carbocycles. The van der Waals surface area contributed by atoms with E-state index in [1.54, 1.807) is 0 Å². The van der Waals surface area contributed by atoms with E-state index in [4.69, 9.17) is 5.11 Å². The number of carboxylic acids is 1. The Bertz CT molecular complexity index is 618. The highest BCUT2D eigenvalue weighted by Crippen LogP contribution is 2.31. The van der Waals surface area contributed by atoms with Gasteiger partial charge in [0.2, 0.25) is 0 Å². The lowest BCUT2D eigenvalue weighted by Crippen LogP contribution is -2.09. The zero-order valence-corrected chi connectivity index (χ0v) is 12.9. The van der Waals surface area contributed by atoms with Crippen molar-refractivity contribution in [2.75, 3.05) is 5.75 Å². The Morgan fingerprint density at radius 3 is 2.70 bits per heavy atom. The van der Waals surface area contributed by atoms with E-state index in [1.165, 1.54) is 11.8 Å². The van der Waals surface area contributed by atoms with Gasteiger partial charge in [-0.1, -0.05) is 37.7 Å². The van der Waals surface area contributed by atoms with E-state index in [9.17, 15) is 4.79 Å². The van der Waals surface area contributed by atoms with E-state index in [0.29, 0.717) is 6.04 Å². The van der Waals surface area contributed by atoms with E-state index in [0.717, 1.165) is 34.6 Å². The minimum Gasteiger partial charge on any atom is -0.481 e. The highest BCUT2D eigenvalue weighted by atomic mass is 32.2. The van der Waals surface area contributed by atoms with Gasteiger partial charge >= 0.3 is 5.97 Å². The van der Waals surface area contributed by atoms with Crippen LogP contribution in [0, 0.1) is 6.92 Å². The average molecular weight is 292 g/mol. The van der Waals surface area contributed by atoms with Crippen molar-refractivity contribution in [3.8, 4) is 0 Å². The van der Waals surface area contributed by atoms with Gasteiger partial charge in [0.25, 0.3) is 0 Å². The number of hydrogen-bond donors (Lipinski definition) is 1. The van der Waals surface area contributed by atoms with Crippen molar-refractivity contribution < 1.29 is 9.90 Å². The highest BCUT2D eigenvalue weighted by molar-refractivity contribution is 7.99. The van der Waals surface area contributed by atoms with Crippen LogP contribution in [-0.4, -0.2) is 26.4 Å². The SMILES string of the molecule is CCC(CC)n1c(SCC(=O)O)nc2c(C)cccc21. The molecule has 0 aliphatic rings. The summed E-state index contributed by atoms with van der Waals surface area (Å²) in [5.74, 6) is -0.766. The van der Waals surface area contributed by atoms with Crippen LogP contribution in [0.15, 0.2) is 23.4 Å². The number of carboxylic acid groups (broad SMARTS) is 1. The fraction of sp³-hybridized carbons (Fsp3) is 0.467. The number of carbonyl (C=O) groups is 1. The molecule has 1 heterocycles. The Hall–Kier alpha value is -1.49. The van der Waals surface area contributed by atoms with Crippen LogP contribution in [0.3, 0.4) is 0 Å². The summed E-state index contributed by atoms with van der Waals surface area (Å²) in [6.07, 6.45) is 2.02. The second-order valence-electron chi connectivity index (χ2n) is 4.86. The molecule has 4 nitrogen and oxygen atoms in total. The van der Waals surface area contributed by atoms with Crippen molar-refractivity contribution in [2.45, 2.75) is 44.8 Å². The molecule has 0 saturated carbocycles. The van der Waals surface area contributed by atoms with E-state index in [2.05, 4.69) is 29.5 Å². The van der Waals surface area contributed by atoms with Crippen LogP contribution < -0.4 is 0 Å². The Morgan fingerprint density at radius 2 is 2.10 bits per heavy atom. The van der Waals surface area contributed by atoms with Gasteiger partial charge in [-0.2, -0.15) is 0 Å². The van der Waals surface area contributed by atoms with Crippen LogP contribution in [-0.2, 0) is 4.79 Å². The first-order valence-corrected chi connectivity index (χ1v) is 7.89. The van der Waals surface area contributed by atoms with Crippen LogP contribution in [0.1, 0.15) is 38.3 Å². The Kier molecular flexibility index (Phi) is 4.70. The summed E-state index contributed by atoms with van der Waals surface area (Å²) in [6, 6.07) is 6.50. The fourth-order valence-corrected chi connectivity index (χ4v) is 3.27. The number of para-hydroxylation sites is 1. The summed E-state index contributed by atoms with van der Waals surface area (Å²) >= 11 is 1.30. The second kappa shape index (κ2) is 6.31. The van der Waals surface area contributed by atoms with Crippen molar-refractivity contribution in [1.82, 2.24) is 9.55 Å². The molecule has 0 fully saturated rings. The van der Waals surface area contributed by atoms with Crippen LogP contribution in [0.25, 0.3) is 11.0 Å². The van der Waals surface area contributed by atoms with Crippen molar-refractivity contribution in [1.29, 1.82) is 0 Å². The molecule has 0 aliphatic heterocycles. The summed E-state index contributed by atoms with van der Waals surface area (Å²) in [5.41, 5.74) is 3.21. The Morgan fingerprint density at radius 1 is 1.40 bits per heavy atom. The van der Waals surface area contributed by atoms with Crippen molar-refractivity contribution >= 4 is 28.8 Å². The number of fused-ring (bicyclic) bond motifs is 1. The quantitative estimate of drug-likeness (QED) is 0.821. The van der Waals surface area contributed by atoms with Gasteiger partial charge in [0.05, 0.1) is 16.8 Å².